The van der Waals surface area contributed by atoms with E-state index in [4.69, 9.17) is 4.74 Å². The van der Waals surface area contributed by atoms with Crippen LogP contribution >= 0.6 is 0 Å². The van der Waals surface area contributed by atoms with Crippen molar-refractivity contribution in [3.8, 4) is 0 Å². The predicted molar refractivity (Wildman–Crippen MR) is 103 cm³/mol. The SMILES string of the molecule is C[C@@H](OC(=O)CCN=C1NS(=O)(=O)c2ccccc21)C(=O)Nc1ccc(F)c(F)c1F. The third-order valence-corrected chi connectivity index (χ3v) is 5.62. The third-order valence-electron chi connectivity index (χ3n) is 4.22. The van der Waals surface area contributed by atoms with Crippen molar-refractivity contribution in [3.05, 3.63) is 59.4 Å². The monoisotopic (exact) mass is 455 g/mol. The summed E-state index contributed by atoms with van der Waals surface area (Å²) in [7, 11) is -3.71. The zero-order valence-electron chi connectivity index (χ0n) is 16.0. The van der Waals surface area contributed by atoms with E-state index in [0.717, 1.165) is 6.07 Å². The number of nitrogens with one attached hydrogen (secondary N) is 2. The van der Waals surface area contributed by atoms with E-state index in [2.05, 4.69) is 9.71 Å². The fourth-order valence-electron chi connectivity index (χ4n) is 2.68. The smallest absolute Gasteiger partial charge is 0.308 e. The van der Waals surface area contributed by atoms with Crippen LogP contribution in [0.1, 0.15) is 18.9 Å². The van der Waals surface area contributed by atoms with Gasteiger partial charge in [0.25, 0.3) is 15.9 Å². The van der Waals surface area contributed by atoms with Crippen LogP contribution in [0.15, 0.2) is 46.3 Å². The van der Waals surface area contributed by atoms with E-state index in [-0.39, 0.29) is 23.7 Å². The minimum atomic E-state index is -3.71. The lowest BCUT2D eigenvalue weighted by molar-refractivity contribution is -0.152. The minimum Gasteiger partial charge on any atom is -0.452 e. The normalized spacial score (nSPS) is 16.3. The Morgan fingerprint density at radius 3 is 2.58 bits per heavy atom. The average molecular weight is 455 g/mol. The fraction of sp³-hybridized carbons (Fsp3) is 0.211. The highest BCUT2D eigenvalue weighted by Gasteiger charge is 2.30. The molecule has 0 aliphatic carbocycles. The molecule has 1 heterocycles. The zero-order chi connectivity index (χ0) is 22.8. The molecule has 2 aromatic carbocycles. The molecule has 0 unspecified atom stereocenters. The summed E-state index contributed by atoms with van der Waals surface area (Å²) in [5, 5.41) is 2.00. The first-order chi connectivity index (χ1) is 14.6. The van der Waals surface area contributed by atoms with E-state index in [1.54, 1.807) is 18.2 Å². The lowest BCUT2D eigenvalue weighted by Crippen LogP contribution is -2.30. The van der Waals surface area contributed by atoms with Gasteiger partial charge in [-0.15, -0.1) is 0 Å². The van der Waals surface area contributed by atoms with E-state index in [1.165, 1.54) is 13.0 Å². The lowest BCUT2D eigenvalue weighted by atomic mass is 10.2. The largest absolute Gasteiger partial charge is 0.452 e. The van der Waals surface area contributed by atoms with Crippen molar-refractivity contribution in [3.63, 3.8) is 0 Å². The van der Waals surface area contributed by atoms with Crippen LogP contribution < -0.4 is 10.0 Å². The second-order valence-electron chi connectivity index (χ2n) is 6.43. The highest BCUT2D eigenvalue weighted by atomic mass is 32.2. The van der Waals surface area contributed by atoms with Gasteiger partial charge >= 0.3 is 5.97 Å². The number of fused-ring (bicyclic) bond motifs is 1. The fourth-order valence-corrected chi connectivity index (χ4v) is 3.93. The van der Waals surface area contributed by atoms with E-state index >= 15 is 0 Å². The number of anilines is 1. The summed E-state index contributed by atoms with van der Waals surface area (Å²) >= 11 is 0. The number of amides is 1. The van der Waals surface area contributed by atoms with E-state index in [0.29, 0.717) is 11.6 Å². The second kappa shape index (κ2) is 8.76. The predicted octanol–water partition coefficient (Wildman–Crippen LogP) is 2.10. The molecule has 8 nitrogen and oxygen atoms in total. The Hall–Kier alpha value is -3.41. The Morgan fingerprint density at radius 2 is 1.84 bits per heavy atom. The molecule has 1 aliphatic heterocycles. The second-order valence-corrected chi connectivity index (χ2v) is 8.08. The van der Waals surface area contributed by atoms with Crippen LogP contribution in [0.4, 0.5) is 18.9 Å². The Kier molecular flexibility index (Phi) is 6.29. The highest BCUT2D eigenvalue weighted by Crippen LogP contribution is 2.22. The Morgan fingerprint density at radius 1 is 1.13 bits per heavy atom. The lowest BCUT2D eigenvalue weighted by Gasteiger charge is -2.14. The molecule has 0 saturated heterocycles. The minimum absolute atomic E-state index is 0.0751. The zero-order valence-corrected chi connectivity index (χ0v) is 16.8. The topological polar surface area (TPSA) is 114 Å². The van der Waals surface area contributed by atoms with Gasteiger partial charge in [0.1, 0.15) is 5.84 Å². The highest BCUT2D eigenvalue weighted by molar-refractivity contribution is 7.90. The third kappa shape index (κ3) is 4.85. The number of carbonyl (C=O) groups is 2. The van der Waals surface area contributed by atoms with Crippen molar-refractivity contribution in [2.24, 2.45) is 4.99 Å². The van der Waals surface area contributed by atoms with Crippen molar-refractivity contribution in [1.29, 1.82) is 0 Å². The standard InChI is InChI=1S/C19H16F3N3O5S/c1-10(19(27)24-13-7-6-12(20)16(21)17(13)22)30-15(26)8-9-23-18-11-4-2-3-5-14(11)31(28,29)25-18/h2-7,10H,8-9H2,1H3,(H,23,25)(H,24,27)/t10-/m1/s1. The van der Waals surface area contributed by atoms with Crippen LogP contribution in [0.25, 0.3) is 0 Å². The summed E-state index contributed by atoms with van der Waals surface area (Å²) in [6.45, 7) is 1.08. The maximum atomic E-state index is 13.6. The summed E-state index contributed by atoms with van der Waals surface area (Å²) in [4.78, 5) is 28.1. The van der Waals surface area contributed by atoms with Gasteiger partial charge in [0.15, 0.2) is 23.6 Å². The maximum absolute atomic E-state index is 13.6. The number of nitrogens with zero attached hydrogens (tertiary/aromatic N) is 1. The molecular weight excluding hydrogens is 439 g/mol. The summed E-state index contributed by atoms with van der Waals surface area (Å²) in [5.41, 5.74) is -0.234. The Labute approximate surface area is 175 Å². The summed E-state index contributed by atoms with van der Waals surface area (Å²) in [6, 6.07) is 7.66. The van der Waals surface area contributed by atoms with Crippen LogP contribution in [-0.4, -0.2) is 38.8 Å². The van der Waals surface area contributed by atoms with Gasteiger partial charge in [0, 0.05) is 5.56 Å². The molecule has 2 aromatic rings. The number of esters is 1. The number of aliphatic imine (C=N–C) groups is 1. The number of rotatable bonds is 6. The summed E-state index contributed by atoms with van der Waals surface area (Å²) in [5.74, 6) is -6.44. The van der Waals surface area contributed by atoms with Crippen molar-refractivity contribution < 1.29 is 35.9 Å². The number of ether oxygens (including phenoxy) is 1. The van der Waals surface area contributed by atoms with Crippen molar-refractivity contribution in [2.75, 3.05) is 11.9 Å². The molecule has 31 heavy (non-hydrogen) atoms. The molecule has 1 aliphatic rings. The molecule has 0 fully saturated rings. The Bertz CT molecular complexity index is 1180. The molecule has 3 rings (SSSR count). The molecular formula is C19H16F3N3O5S. The first kappa shape index (κ1) is 22.3. The van der Waals surface area contributed by atoms with Gasteiger partial charge in [0.05, 0.1) is 23.5 Å². The van der Waals surface area contributed by atoms with Crippen LogP contribution in [-0.2, 0) is 24.3 Å². The number of benzene rings is 2. The first-order valence-electron chi connectivity index (χ1n) is 8.90. The van der Waals surface area contributed by atoms with Gasteiger partial charge in [0.2, 0.25) is 0 Å². The number of amidine groups is 1. The van der Waals surface area contributed by atoms with Gasteiger partial charge < -0.3 is 10.1 Å². The van der Waals surface area contributed by atoms with Crippen LogP contribution in [0.2, 0.25) is 0 Å². The van der Waals surface area contributed by atoms with Gasteiger partial charge in [-0.1, -0.05) is 12.1 Å². The van der Waals surface area contributed by atoms with E-state index in [1.807, 2.05) is 5.32 Å². The first-order valence-corrected chi connectivity index (χ1v) is 10.4. The summed E-state index contributed by atoms with van der Waals surface area (Å²) in [6.07, 6.45) is -1.64. The van der Waals surface area contributed by atoms with E-state index < -0.39 is 51.1 Å². The molecule has 2 N–H and O–H groups in total. The molecule has 0 bridgehead atoms. The molecule has 164 valence electrons. The van der Waals surface area contributed by atoms with Gasteiger partial charge in [-0.3, -0.25) is 19.3 Å². The number of carbonyl (C=O) groups excluding carboxylic acids is 2. The average Bonchev–Trinajstić information content (AvgIpc) is 2.99. The number of hydrogen-bond donors (Lipinski definition) is 2. The molecule has 12 heteroatoms. The van der Waals surface area contributed by atoms with E-state index in [9.17, 15) is 31.2 Å². The molecule has 1 amide bonds. The quantitative estimate of drug-likeness (QED) is 0.512. The number of hydrogen-bond acceptors (Lipinski definition) is 6. The van der Waals surface area contributed by atoms with Crippen molar-refractivity contribution in [2.45, 2.75) is 24.3 Å². The van der Waals surface area contributed by atoms with Gasteiger partial charge in [-0.05, 0) is 31.2 Å². The van der Waals surface area contributed by atoms with Crippen LogP contribution in [0.3, 0.4) is 0 Å². The van der Waals surface area contributed by atoms with Crippen LogP contribution in [0, 0.1) is 17.5 Å². The molecule has 0 aromatic heterocycles. The summed E-state index contributed by atoms with van der Waals surface area (Å²) < 4.78 is 71.0. The van der Waals surface area contributed by atoms with Gasteiger partial charge in [-0.25, -0.2) is 21.6 Å². The van der Waals surface area contributed by atoms with Gasteiger partial charge in [-0.2, -0.15) is 0 Å². The molecule has 0 spiro atoms. The number of halogens is 3. The Balaban J connectivity index is 1.55. The maximum Gasteiger partial charge on any atom is 0.308 e. The molecule has 1 atom stereocenters. The van der Waals surface area contributed by atoms with Crippen molar-refractivity contribution in [1.82, 2.24) is 4.72 Å². The molecule has 0 radical (unpaired) electrons. The molecule has 0 saturated carbocycles. The van der Waals surface area contributed by atoms with Crippen molar-refractivity contribution >= 4 is 33.4 Å². The number of sulfonamides is 1. The van der Waals surface area contributed by atoms with Crippen LogP contribution in [0.5, 0.6) is 0 Å².